The second-order valence-electron chi connectivity index (χ2n) is 4.23. The number of fused-ring (bicyclic) bond motifs is 1. The van der Waals surface area contributed by atoms with Crippen molar-refractivity contribution in [3.63, 3.8) is 0 Å². The number of rotatable bonds is 3. The van der Waals surface area contributed by atoms with Gasteiger partial charge in [0.25, 0.3) is 0 Å². The summed E-state index contributed by atoms with van der Waals surface area (Å²) in [6, 6.07) is 10.5. The van der Waals surface area contributed by atoms with Gasteiger partial charge in [-0.3, -0.25) is 4.99 Å². The first-order valence-corrected chi connectivity index (χ1v) is 6.74. The number of thioether (sulfide) groups is 1. The molecule has 0 saturated heterocycles. The average Bonchev–Trinajstić information content (AvgIpc) is 2.94. The van der Waals surface area contributed by atoms with Gasteiger partial charge in [0.15, 0.2) is 0 Å². The van der Waals surface area contributed by atoms with E-state index in [9.17, 15) is 0 Å². The van der Waals surface area contributed by atoms with Crippen LogP contribution in [0.25, 0.3) is 10.9 Å². The van der Waals surface area contributed by atoms with E-state index in [4.69, 9.17) is 5.73 Å². The molecular formula is C13H15N3S. The lowest BCUT2D eigenvalue weighted by Gasteiger charge is -2.04. The van der Waals surface area contributed by atoms with Crippen LogP contribution in [0, 0.1) is 0 Å². The second kappa shape index (κ2) is 4.55. The maximum Gasteiger partial charge on any atom is 0.114 e. The molecule has 3 N–H and O–H groups in total. The van der Waals surface area contributed by atoms with Crippen LogP contribution in [-0.4, -0.2) is 28.4 Å². The summed E-state index contributed by atoms with van der Waals surface area (Å²) in [5, 5.41) is 2.93. The van der Waals surface area contributed by atoms with E-state index >= 15 is 0 Å². The Bertz CT molecular complexity index is 526. The lowest BCUT2D eigenvalue weighted by atomic mass is 10.2. The molecule has 1 aliphatic rings. The summed E-state index contributed by atoms with van der Waals surface area (Å²) < 4.78 is 0. The van der Waals surface area contributed by atoms with Crippen LogP contribution in [0.5, 0.6) is 0 Å². The molecule has 2 aromatic rings. The highest BCUT2D eigenvalue weighted by molar-refractivity contribution is 8.15. The number of hydrogen-bond donors (Lipinski definition) is 2. The number of aliphatic imine (C=N–C) groups is 1. The molecule has 17 heavy (non-hydrogen) atoms. The standard InChI is InChI=1S/C13H15N3S/c14-6-5-10-8-15-13(17-10)12-7-9-3-1-2-4-11(9)16-12/h1-4,7,10,16H,5-6,8,14H2. The van der Waals surface area contributed by atoms with Crippen LogP contribution in [0.2, 0.25) is 0 Å². The van der Waals surface area contributed by atoms with Crippen molar-refractivity contribution >= 4 is 27.7 Å². The Morgan fingerprint density at radius 3 is 3.12 bits per heavy atom. The number of para-hydroxylation sites is 1. The quantitative estimate of drug-likeness (QED) is 0.872. The lowest BCUT2D eigenvalue weighted by Crippen LogP contribution is -2.11. The van der Waals surface area contributed by atoms with E-state index in [0.29, 0.717) is 5.25 Å². The Hall–Kier alpha value is -1.26. The first-order chi connectivity index (χ1) is 8.36. The zero-order valence-electron chi connectivity index (χ0n) is 9.52. The summed E-state index contributed by atoms with van der Waals surface area (Å²) in [4.78, 5) is 8.01. The maximum absolute atomic E-state index is 5.58. The summed E-state index contributed by atoms with van der Waals surface area (Å²) in [7, 11) is 0. The molecule has 0 fully saturated rings. The summed E-state index contributed by atoms with van der Waals surface area (Å²) in [6.07, 6.45) is 1.04. The zero-order valence-corrected chi connectivity index (χ0v) is 10.3. The molecule has 88 valence electrons. The van der Waals surface area contributed by atoms with Crippen molar-refractivity contribution in [2.24, 2.45) is 10.7 Å². The fourth-order valence-electron chi connectivity index (χ4n) is 2.09. The third-order valence-corrected chi connectivity index (χ3v) is 4.26. The number of H-pyrrole nitrogens is 1. The van der Waals surface area contributed by atoms with E-state index < -0.39 is 0 Å². The third kappa shape index (κ3) is 2.10. The van der Waals surface area contributed by atoms with Crippen molar-refractivity contribution in [3.05, 3.63) is 36.0 Å². The minimum atomic E-state index is 0.557. The number of aromatic nitrogens is 1. The molecule has 0 bridgehead atoms. The highest BCUT2D eigenvalue weighted by Crippen LogP contribution is 2.28. The SMILES string of the molecule is NCCC1CN=C(c2cc3ccccc3[nH]2)S1. The number of aromatic amines is 1. The van der Waals surface area contributed by atoms with Gasteiger partial charge in [0, 0.05) is 16.2 Å². The molecule has 0 spiro atoms. The third-order valence-electron chi connectivity index (χ3n) is 2.97. The molecule has 4 heteroatoms. The van der Waals surface area contributed by atoms with Crippen LogP contribution in [0.4, 0.5) is 0 Å². The normalized spacial score (nSPS) is 19.8. The monoisotopic (exact) mass is 245 g/mol. The predicted octanol–water partition coefficient (Wildman–Crippen LogP) is 2.38. The molecule has 0 radical (unpaired) electrons. The Kier molecular flexibility index (Phi) is 2.91. The van der Waals surface area contributed by atoms with Gasteiger partial charge < -0.3 is 10.7 Å². The van der Waals surface area contributed by atoms with Gasteiger partial charge in [-0.25, -0.2) is 0 Å². The van der Waals surface area contributed by atoms with Crippen molar-refractivity contribution in [2.45, 2.75) is 11.7 Å². The van der Waals surface area contributed by atoms with E-state index in [2.05, 4.69) is 34.2 Å². The maximum atomic E-state index is 5.58. The van der Waals surface area contributed by atoms with Crippen molar-refractivity contribution in [1.29, 1.82) is 0 Å². The van der Waals surface area contributed by atoms with Gasteiger partial charge in [0.2, 0.25) is 0 Å². The van der Waals surface area contributed by atoms with Gasteiger partial charge >= 0.3 is 0 Å². The van der Waals surface area contributed by atoms with E-state index in [1.165, 1.54) is 10.9 Å². The largest absolute Gasteiger partial charge is 0.353 e. The molecule has 1 atom stereocenters. The van der Waals surface area contributed by atoms with Gasteiger partial charge in [-0.2, -0.15) is 0 Å². The van der Waals surface area contributed by atoms with E-state index in [1.54, 1.807) is 0 Å². The van der Waals surface area contributed by atoms with Crippen molar-refractivity contribution in [1.82, 2.24) is 4.98 Å². The smallest absolute Gasteiger partial charge is 0.114 e. The minimum Gasteiger partial charge on any atom is -0.353 e. The fourth-order valence-corrected chi connectivity index (χ4v) is 3.20. The number of nitrogens with two attached hydrogens (primary N) is 1. The van der Waals surface area contributed by atoms with E-state index in [-0.39, 0.29) is 0 Å². The Morgan fingerprint density at radius 2 is 2.29 bits per heavy atom. The molecule has 0 amide bonds. The number of hydrogen-bond acceptors (Lipinski definition) is 3. The highest BCUT2D eigenvalue weighted by Gasteiger charge is 2.20. The van der Waals surface area contributed by atoms with Gasteiger partial charge in [-0.05, 0) is 25.1 Å². The zero-order chi connectivity index (χ0) is 11.7. The summed E-state index contributed by atoms with van der Waals surface area (Å²) in [5.41, 5.74) is 7.89. The van der Waals surface area contributed by atoms with Gasteiger partial charge in [-0.1, -0.05) is 30.0 Å². The topological polar surface area (TPSA) is 54.2 Å². The van der Waals surface area contributed by atoms with Gasteiger partial charge in [0.1, 0.15) is 5.04 Å². The van der Waals surface area contributed by atoms with Crippen LogP contribution in [0.1, 0.15) is 12.1 Å². The Balaban J connectivity index is 1.85. The number of benzene rings is 1. The fraction of sp³-hybridized carbons (Fsp3) is 0.308. The molecular weight excluding hydrogens is 230 g/mol. The molecule has 1 unspecified atom stereocenters. The average molecular weight is 245 g/mol. The van der Waals surface area contributed by atoms with E-state index in [1.807, 2.05) is 17.8 Å². The van der Waals surface area contributed by atoms with Crippen molar-refractivity contribution in [3.8, 4) is 0 Å². The molecule has 1 aliphatic heterocycles. The van der Waals surface area contributed by atoms with Crippen LogP contribution in [-0.2, 0) is 0 Å². The van der Waals surface area contributed by atoms with Crippen LogP contribution >= 0.6 is 11.8 Å². The molecule has 1 aromatic heterocycles. The second-order valence-corrected chi connectivity index (χ2v) is 5.52. The number of nitrogens with zero attached hydrogens (tertiary/aromatic N) is 1. The molecule has 1 aromatic carbocycles. The van der Waals surface area contributed by atoms with Crippen molar-refractivity contribution in [2.75, 3.05) is 13.1 Å². The van der Waals surface area contributed by atoms with E-state index in [0.717, 1.165) is 30.2 Å². The molecule has 0 saturated carbocycles. The van der Waals surface area contributed by atoms with Crippen molar-refractivity contribution < 1.29 is 0 Å². The predicted molar refractivity (Wildman–Crippen MR) is 74.8 cm³/mol. The summed E-state index contributed by atoms with van der Waals surface area (Å²) >= 11 is 1.84. The highest BCUT2D eigenvalue weighted by atomic mass is 32.2. The van der Waals surface area contributed by atoms with Crippen LogP contribution in [0.3, 0.4) is 0 Å². The Morgan fingerprint density at radius 1 is 1.41 bits per heavy atom. The lowest BCUT2D eigenvalue weighted by molar-refractivity contribution is 0.784. The summed E-state index contributed by atoms with van der Waals surface area (Å²) in [5.74, 6) is 0. The minimum absolute atomic E-state index is 0.557. The van der Waals surface area contributed by atoms with Crippen LogP contribution in [0.15, 0.2) is 35.3 Å². The van der Waals surface area contributed by atoms with Gasteiger partial charge in [-0.15, -0.1) is 0 Å². The number of nitrogens with one attached hydrogen (secondary N) is 1. The molecule has 3 rings (SSSR count). The molecule has 0 aliphatic carbocycles. The summed E-state index contributed by atoms with van der Waals surface area (Å²) in [6.45, 7) is 1.64. The first kappa shape index (κ1) is 10.9. The first-order valence-electron chi connectivity index (χ1n) is 5.86. The van der Waals surface area contributed by atoms with Crippen LogP contribution < -0.4 is 5.73 Å². The Labute approximate surface area is 104 Å². The molecule has 3 nitrogen and oxygen atoms in total. The van der Waals surface area contributed by atoms with Gasteiger partial charge in [0.05, 0.1) is 12.2 Å². The molecule has 2 heterocycles.